The Morgan fingerprint density at radius 1 is 0.255 bits per heavy atom. The summed E-state index contributed by atoms with van der Waals surface area (Å²) in [5.74, 6) is 0. The summed E-state index contributed by atoms with van der Waals surface area (Å²) >= 11 is 0. The minimum atomic E-state index is -0.383. The van der Waals surface area contributed by atoms with Crippen molar-refractivity contribution in [1.82, 2.24) is 4.98 Å². The molecule has 0 aliphatic heterocycles. The van der Waals surface area contributed by atoms with Crippen LogP contribution in [0.15, 0.2) is 224 Å². The van der Waals surface area contributed by atoms with Crippen molar-refractivity contribution >= 4 is 0 Å². The number of rotatable bonds is 7. The standard InChI is InChI=1S/C54H37N/c1-5-15-42(16-6-1)52-36-45(37-53(55-52)43-17-7-2-8-18-43)41-31-27-39(28-32-41)38-25-29-40(30-26-38)44-33-34-51-49(35-44)48-23-13-14-24-50(48)54(51,46-19-9-3-10-20-46)47-21-11-4-12-22-47/h1-37H. The van der Waals surface area contributed by atoms with Crippen LogP contribution in [-0.2, 0) is 5.41 Å². The smallest absolute Gasteiger partial charge is 0.0715 e. The first kappa shape index (κ1) is 32.6. The normalized spacial score (nSPS) is 12.5. The first-order valence-corrected chi connectivity index (χ1v) is 19.0. The van der Waals surface area contributed by atoms with Crippen LogP contribution in [-0.4, -0.2) is 4.98 Å². The van der Waals surface area contributed by atoms with Gasteiger partial charge in [0.2, 0.25) is 0 Å². The quantitative estimate of drug-likeness (QED) is 0.161. The molecule has 0 fully saturated rings. The lowest BCUT2D eigenvalue weighted by molar-refractivity contribution is 0.768. The summed E-state index contributed by atoms with van der Waals surface area (Å²) in [4.78, 5) is 5.06. The van der Waals surface area contributed by atoms with Crippen molar-refractivity contribution in [3.05, 3.63) is 247 Å². The first-order chi connectivity index (χ1) is 27.3. The highest BCUT2D eigenvalue weighted by atomic mass is 14.7. The van der Waals surface area contributed by atoms with Crippen molar-refractivity contribution < 1.29 is 0 Å². The molecule has 10 rings (SSSR count). The topological polar surface area (TPSA) is 12.9 Å². The molecule has 258 valence electrons. The lowest BCUT2D eigenvalue weighted by atomic mass is 9.67. The van der Waals surface area contributed by atoms with Gasteiger partial charge in [0.1, 0.15) is 0 Å². The highest BCUT2D eigenvalue weighted by Crippen LogP contribution is 2.56. The lowest BCUT2D eigenvalue weighted by Crippen LogP contribution is -2.28. The Bertz CT molecular complexity index is 2660. The number of fused-ring (bicyclic) bond motifs is 3. The van der Waals surface area contributed by atoms with Crippen LogP contribution in [0.25, 0.3) is 67.0 Å². The van der Waals surface area contributed by atoms with Crippen LogP contribution in [0.4, 0.5) is 0 Å². The zero-order valence-electron chi connectivity index (χ0n) is 30.3. The van der Waals surface area contributed by atoms with Crippen molar-refractivity contribution in [3.8, 4) is 67.0 Å². The van der Waals surface area contributed by atoms with Gasteiger partial charge in [0.25, 0.3) is 0 Å². The van der Waals surface area contributed by atoms with Crippen molar-refractivity contribution in [1.29, 1.82) is 0 Å². The van der Waals surface area contributed by atoms with Gasteiger partial charge in [-0.25, -0.2) is 4.98 Å². The van der Waals surface area contributed by atoms with E-state index in [1.807, 2.05) is 12.1 Å². The Morgan fingerprint density at radius 2 is 0.636 bits per heavy atom. The number of benzene rings is 8. The molecule has 0 unspecified atom stereocenters. The molecule has 0 saturated heterocycles. The molecule has 0 saturated carbocycles. The van der Waals surface area contributed by atoms with Crippen LogP contribution in [0, 0.1) is 0 Å². The van der Waals surface area contributed by atoms with Gasteiger partial charge in [0.05, 0.1) is 16.8 Å². The Kier molecular flexibility index (Phi) is 8.12. The lowest BCUT2D eigenvalue weighted by Gasteiger charge is -2.33. The van der Waals surface area contributed by atoms with Gasteiger partial charge in [0, 0.05) is 11.1 Å². The average Bonchev–Trinajstić information content (AvgIpc) is 3.58. The minimum absolute atomic E-state index is 0.383. The molecule has 0 radical (unpaired) electrons. The molecule has 0 N–H and O–H groups in total. The van der Waals surface area contributed by atoms with Crippen LogP contribution in [0.3, 0.4) is 0 Å². The summed E-state index contributed by atoms with van der Waals surface area (Å²) in [5.41, 5.74) is 18.7. The van der Waals surface area contributed by atoms with E-state index in [1.165, 1.54) is 55.6 Å². The van der Waals surface area contributed by atoms with Crippen molar-refractivity contribution in [2.75, 3.05) is 0 Å². The van der Waals surface area contributed by atoms with Gasteiger partial charge >= 0.3 is 0 Å². The van der Waals surface area contributed by atoms with Crippen LogP contribution >= 0.6 is 0 Å². The summed E-state index contributed by atoms with van der Waals surface area (Å²) in [6.45, 7) is 0. The highest BCUT2D eigenvalue weighted by molar-refractivity contribution is 5.89. The van der Waals surface area contributed by atoms with E-state index >= 15 is 0 Å². The van der Waals surface area contributed by atoms with Gasteiger partial charge in [-0.15, -0.1) is 0 Å². The fourth-order valence-corrected chi connectivity index (χ4v) is 8.55. The minimum Gasteiger partial charge on any atom is -0.248 e. The van der Waals surface area contributed by atoms with Gasteiger partial charge in [-0.05, 0) is 85.0 Å². The molecule has 1 heterocycles. The Morgan fingerprint density at radius 3 is 1.15 bits per heavy atom. The van der Waals surface area contributed by atoms with E-state index in [4.69, 9.17) is 4.98 Å². The Balaban J connectivity index is 0.985. The third-order valence-electron chi connectivity index (χ3n) is 11.2. The Labute approximate surface area is 322 Å². The largest absolute Gasteiger partial charge is 0.248 e. The van der Waals surface area contributed by atoms with E-state index in [0.29, 0.717) is 0 Å². The van der Waals surface area contributed by atoms with E-state index in [1.54, 1.807) is 0 Å². The molecule has 1 aromatic heterocycles. The molecule has 0 amide bonds. The summed E-state index contributed by atoms with van der Waals surface area (Å²) in [6, 6.07) is 81.1. The second-order valence-corrected chi connectivity index (χ2v) is 14.3. The van der Waals surface area contributed by atoms with Crippen molar-refractivity contribution in [2.24, 2.45) is 0 Å². The van der Waals surface area contributed by atoms with E-state index in [2.05, 4.69) is 212 Å². The highest BCUT2D eigenvalue weighted by Gasteiger charge is 2.45. The van der Waals surface area contributed by atoms with Gasteiger partial charge in [0.15, 0.2) is 0 Å². The van der Waals surface area contributed by atoms with Crippen LogP contribution in [0.5, 0.6) is 0 Å². The molecule has 55 heavy (non-hydrogen) atoms. The summed E-state index contributed by atoms with van der Waals surface area (Å²) in [5, 5.41) is 0. The van der Waals surface area contributed by atoms with E-state index in [0.717, 1.165) is 33.6 Å². The first-order valence-electron chi connectivity index (χ1n) is 19.0. The average molecular weight is 700 g/mol. The molecule has 9 aromatic rings. The molecular formula is C54H37N. The Hall–Kier alpha value is -7.09. The van der Waals surface area contributed by atoms with Crippen LogP contribution in [0.2, 0.25) is 0 Å². The molecule has 0 bridgehead atoms. The molecule has 0 spiro atoms. The molecular weight excluding hydrogens is 663 g/mol. The number of pyridine rings is 1. The van der Waals surface area contributed by atoms with E-state index in [-0.39, 0.29) is 5.41 Å². The molecule has 8 aromatic carbocycles. The third-order valence-corrected chi connectivity index (χ3v) is 11.2. The number of hydrogen-bond donors (Lipinski definition) is 0. The van der Waals surface area contributed by atoms with E-state index < -0.39 is 0 Å². The number of aromatic nitrogens is 1. The summed E-state index contributed by atoms with van der Waals surface area (Å²) in [7, 11) is 0. The van der Waals surface area contributed by atoms with Gasteiger partial charge < -0.3 is 0 Å². The van der Waals surface area contributed by atoms with Crippen molar-refractivity contribution in [2.45, 2.75) is 5.41 Å². The maximum Gasteiger partial charge on any atom is 0.0715 e. The van der Waals surface area contributed by atoms with E-state index in [9.17, 15) is 0 Å². The number of hydrogen-bond acceptors (Lipinski definition) is 1. The summed E-state index contributed by atoms with van der Waals surface area (Å²) in [6.07, 6.45) is 0. The fraction of sp³-hybridized carbons (Fsp3) is 0.0185. The molecule has 1 aliphatic carbocycles. The predicted molar refractivity (Wildman–Crippen MR) is 229 cm³/mol. The zero-order valence-corrected chi connectivity index (χ0v) is 30.3. The zero-order chi connectivity index (χ0) is 36.6. The second-order valence-electron chi connectivity index (χ2n) is 14.3. The third kappa shape index (κ3) is 5.69. The van der Waals surface area contributed by atoms with Crippen molar-refractivity contribution in [3.63, 3.8) is 0 Å². The number of nitrogens with zero attached hydrogens (tertiary/aromatic N) is 1. The molecule has 1 nitrogen and oxygen atoms in total. The van der Waals surface area contributed by atoms with Gasteiger partial charge in [-0.3, -0.25) is 0 Å². The monoisotopic (exact) mass is 699 g/mol. The molecule has 1 aliphatic rings. The fourth-order valence-electron chi connectivity index (χ4n) is 8.55. The summed E-state index contributed by atoms with van der Waals surface area (Å²) < 4.78 is 0. The van der Waals surface area contributed by atoms with Crippen LogP contribution < -0.4 is 0 Å². The molecule has 1 heteroatoms. The van der Waals surface area contributed by atoms with Gasteiger partial charge in [-0.1, -0.05) is 206 Å². The maximum absolute atomic E-state index is 5.06. The van der Waals surface area contributed by atoms with Gasteiger partial charge in [-0.2, -0.15) is 0 Å². The second kappa shape index (κ2) is 13.7. The SMILES string of the molecule is c1ccc(-c2cc(-c3ccc(-c4ccc(-c5ccc6c(c5)-c5ccccc5C6(c5ccccc5)c5ccccc5)cc4)cc3)cc(-c3ccccc3)n2)cc1. The molecule has 0 atom stereocenters. The maximum atomic E-state index is 5.06. The van der Waals surface area contributed by atoms with Crippen LogP contribution in [0.1, 0.15) is 22.3 Å². The predicted octanol–water partition coefficient (Wildman–Crippen LogP) is 13.8.